The van der Waals surface area contributed by atoms with E-state index in [4.69, 9.17) is 5.14 Å². The Morgan fingerprint density at radius 1 is 0.557 bits per heavy atom. The first-order valence-electron chi connectivity index (χ1n) is 18.9. The van der Waals surface area contributed by atoms with E-state index in [2.05, 4.69) is 69.6 Å². The molecule has 0 saturated heterocycles. The monoisotopic (exact) mass is 1010 g/mol. The second-order valence-electron chi connectivity index (χ2n) is 13.7. The zero-order valence-electron chi connectivity index (χ0n) is 34.2. The number of fused-ring (bicyclic) bond motifs is 2. The summed E-state index contributed by atoms with van der Waals surface area (Å²) in [6, 6.07) is 34.3. The number of hydrogen-bond donors (Lipinski definition) is 4. The van der Waals surface area contributed by atoms with Crippen LogP contribution in [0.15, 0.2) is 157 Å². The zero-order valence-corrected chi connectivity index (χ0v) is 39.8. The van der Waals surface area contributed by atoms with Gasteiger partial charge >= 0.3 is 0 Å². The van der Waals surface area contributed by atoms with Crippen molar-refractivity contribution in [1.82, 2.24) is 15.3 Å². The van der Waals surface area contributed by atoms with Gasteiger partial charge in [0.15, 0.2) is 0 Å². The SMILES string of the molecule is Brc1cnc(Br)c2ccccc12.CCCCNC.Cc1ccc(S(=O)(=O)Nc2cnc(NS(=O)(=O)c3ccc(C)cc3)c3ccccc23)cc1.Cc1ccc(S(N)(=O)=O)cc1. The third-order valence-electron chi connectivity index (χ3n) is 8.76. The molecular weight excluding hydrogens is 965 g/mol. The molecule has 322 valence electrons. The fraction of sp³-hybridized carbons (Fsp3) is 0.182. The molecule has 2 aromatic heterocycles. The first-order chi connectivity index (χ1) is 28.9. The Balaban J connectivity index is 0.000000228. The molecule has 0 unspecified atom stereocenters. The number of nitrogens with one attached hydrogen (secondary N) is 3. The Morgan fingerprint density at radius 3 is 1.44 bits per heavy atom. The van der Waals surface area contributed by atoms with Gasteiger partial charge in [0.2, 0.25) is 10.0 Å². The molecule has 17 heteroatoms. The smallest absolute Gasteiger partial charge is 0.263 e. The molecule has 7 aromatic rings. The molecule has 0 spiro atoms. The Bertz CT molecular complexity index is 2720. The second kappa shape index (κ2) is 22.4. The van der Waals surface area contributed by atoms with Gasteiger partial charge in [-0.15, -0.1) is 0 Å². The van der Waals surface area contributed by atoms with Crippen molar-refractivity contribution in [3.8, 4) is 0 Å². The van der Waals surface area contributed by atoms with Gasteiger partial charge in [0.1, 0.15) is 10.4 Å². The topological polar surface area (TPSA) is 190 Å². The predicted octanol–water partition coefficient (Wildman–Crippen LogP) is 9.86. The summed E-state index contributed by atoms with van der Waals surface area (Å²) in [5.74, 6) is 0.111. The molecule has 61 heavy (non-hydrogen) atoms. The number of benzene rings is 5. The largest absolute Gasteiger partial charge is 0.320 e. The lowest BCUT2D eigenvalue weighted by atomic mass is 10.1. The number of aromatic nitrogens is 2. The molecule has 0 aliphatic carbocycles. The number of nitrogens with zero attached hydrogens (tertiary/aromatic N) is 2. The molecule has 0 atom stereocenters. The molecule has 12 nitrogen and oxygen atoms in total. The molecule has 2 heterocycles. The summed E-state index contributed by atoms with van der Waals surface area (Å²) in [6.45, 7) is 8.98. The molecule has 0 bridgehead atoms. The summed E-state index contributed by atoms with van der Waals surface area (Å²) in [4.78, 5) is 8.77. The number of hydrogen-bond acceptors (Lipinski definition) is 9. The Labute approximate surface area is 375 Å². The molecule has 7 rings (SSSR count). The van der Waals surface area contributed by atoms with Crippen LogP contribution in [0.1, 0.15) is 36.5 Å². The van der Waals surface area contributed by atoms with Gasteiger partial charge in [-0.25, -0.2) is 40.4 Å². The molecule has 5 aromatic carbocycles. The van der Waals surface area contributed by atoms with E-state index >= 15 is 0 Å². The summed E-state index contributed by atoms with van der Waals surface area (Å²) in [5.41, 5.74) is 3.15. The van der Waals surface area contributed by atoms with Gasteiger partial charge in [0.05, 0.1) is 26.6 Å². The minimum Gasteiger partial charge on any atom is -0.320 e. The van der Waals surface area contributed by atoms with Gasteiger partial charge in [-0.3, -0.25) is 9.44 Å². The number of unbranched alkanes of at least 4 members (excludes halogenated alkanes) is 1. The lowest BCUT2D eigenvalue weighted by Gasteiger charge is -2.14. The summed E-state index contributed by atoms with van der Waals surface area (Å²) in [6.07, 6.45) is 5.70. The Hall–Kier alpha value is -4.75. The number of primary sulfonamides is 1. The van der Waals surface area contributed by atoms with Crippen LogP contribution < -0.4 is 19.9 Å². The van der Waals surface area contributed by atoms with E-state index in [1.807, 2.05) is 46.0 Å². The normalized spacial score (nSPS) is 11.3. The summed E-state index contributed by atoms with van der Waals surface area (Å²) < 4.78 is 79.7. The standard InChI is InChI=1S/C23H21N3O4S2.C9H5Br2N.C7H9NO2S.C5H13N/c1-16-7-11-18(12-8-16)31(27,28)25-22-15-24-23(21-6-4-3-5-20(21)22)26-32(29,30)19-13-9-17(2)10-14-19;10-8-5-12-9(11)7-4-2-1-3-6(7)8;1-6-2-4-7(5-3-6)11(8,9)10;1-3-4-5-6-2/h3-15,25H,1-2H3,(H,24,26);1-5H;2-5H,1H3,(H2,8,9,10);6H,3-5H2,1-2H3. The number of rotatable bonds is 10. The number of nitrogens with two attached hydrogens (primary N) is 1. The fourth-order valence-corrected chi connectivity index (χ4v) is 8.89. The van der Waals surface area contributed by atoms with Crippen molar-refractivity contribution in [3.63, 3.8) is 0 Å². The highest BCUT2D eigenvalue weighted by Crippen LogP contribution is 2.31. The minimum atomic E-state index is -3.87. The van der Waals surface area contributed by atoms with Gasteiger partial charge in [-0.2, -0.15) is 0 Å². The maximum atomic E-state index is 12.8. The Morgan fingerprint density at radius 2 is 1.00 bits per heavy atom. The number of halogens is 2. The van der Waals surface area contributed by atoms with Crippen LogP contribution in [0.4, 0.5) is 11.5 Å². The van der Waals surface area contributed by atoms with E-state index in [-0.39, 0.29) is 26.2 Å². The van der Waals surface area contributed by atoms with Crippen LogP contribution in [0.2, 0.25) is 0 Å². The highest BCUT2D eigenvalue weighted by Gasteiger charge is 2.20. The van der Waals surface area contributed by atoms with Crippen molar-refractivity contribution in [2.24, 2.45) is 5.14 Å². The molecule has 0 aliphatic heterocycles. The summed E-state index contributed by atoms with van der Waals surface area (Å²) >= 11 is 6.85. The van der Waals surface area contributed by atoms with Gasteiger partial charge in [-0.05, 0) is 109 Å². The zero-order chi connectivity index (χ0) is 44.8. The van der Waals surface area contributed by atoms with Crippen LogP contribution in [-0.4, -0.2) is 48.8 Å². The predicted molar refractivity (Wildman–Crippen MR) is 254 cm³/mol. The van der Waals surface area contributed by atoms with Gasteiger partial charge in [0, 0.05) is 32.2 Å². The Kier molecular flexibility index (Phi) is 17.9. The number of aryl methyl sites for hydroxylation is 3. The average molecular weight is 1010 g/mol. The van der Waals surface area contributed by atoms with E-state index in [0.717, 1.165) is 37.7 Å². The maximum Gasteiger partial charge on any atom is 0.263 e. The first kappa shape index (κ1) is 48.9. The molecule has 0 fully saturated rings. The van der Waals surface area contributed by atoms with Gasteiger partial charge in [0.25, 0.3) is 20.0 Å². The van der Waals surface area contributed by atoms with E-state index < -0.39 is 30.1 Å². The molecular formula is C44H48Br2N6O6S3. The lowest BCUT2D eigenvalue weighted by Crippen LogP contribution is -2.16. The van der Waals surface area contributed by atoms with E-state index in [1.165, 1.54) is 60.8 Å². The number of sulfonamides is 3. The van der Waals surface area contributed by atoms with Crippen LogP contribution in [0.5, 0.6) is 0 Å². The first-order valence-corrected chi connectivity index (χ1v) is 25.0. The molecule has 0 saturated carbocycles. The quantitative estimate of drug-likeness (QED) is 0.0763. The van der Waals surface area contributed by atoms with Crippen molar-refractivity contribution < 1.29 is 25.3 Å². The molecule has 0 amide bonds. The van der Waals surface area contributed by atoms with E-state index in [0.29, 0.717) is 10.8 Å². The van der Waals surface area contributed by atoms with Crippen molar-refractivity contribution in [2.45, 2.75) is 55.2 Å². The van der Waals surface area contributed by atoms with Crippen LogP contribution in [0, 0.1) is 20.8 Å². The lowest BCUT2D eigenvalue weighted by molar-refractivity contribution is 0.597. The van der Waals surface area contributed by atoms with E-state index in [1.54, 1.807) is 66.9 Å². The van der Waals surface area contributed by atoms with Crippen molar-refractivity contribution in [1.29, 1.82) is 0 Å². The fourth-order valence-electron chi connectivity index (χ4n) is 5.39. The van der Waals surface area contributed by atoms with Crippen molar-refractivity contribution in [3.05, 3.63) is 159 Å². The molecule has 0 aliphatic rings. The second-order valence-corrected chi connectivity index (χ2v) is 20.2. The highest BCUT2D eigenvalue weighted by atomic mass is 79.9. The average Bonchev–Trinajstić information content (AvgIpc) is 3.23. The van der Waals surface area contributed by atoms with Crippen LogP contribution in [0.3, 0.4) is 0 Å². The van der Waals surface area contributed by atoms with Crippen LogP contribution in [-0.2, 0) is 30.1 Å². The van der Waals surface area contributed by atoms with Crippen molar-refractivity contribution in [2.75, 3.05) is 23.0 Å². The third kappa shape index (κ3) is 14.4. The highest BCUT2D eigenvalue weighted by molar-refractivity contribution is 9.11. The van der Waals surface area contributed by atoms with Crippen LogP contribution in [0.25, 0.3) is 21.5 Å². The van der Waals surface area contributed by atoms with Gasteiger partial charge < -0.3 is 5.32 Å². The summed E-state index contributed by atoms with van der Waals surface area (Å²) in [7, 11) is -9.25. The summed E-state index contributed by atoms with van der Waals surface area (Å²) in [5, 5.41) is 11.2. The minimum absolute atomic E-state index is 0.109. The van der Waals surface area contributed by atoms with E-state index in [9.17, 15) is 25.3 Å². The van der Waals surface area contributed by atoms with Crippen molar-refractivity contribution >= 4 is 95.0 Å². The van der Waals surface area contributed by atoms with Crippen LogP contribution >= 0.6 is 31.9 Å². The number of anilines is 2. The number of pyridine rings is 2. The molecule has 5 N–H and O–H groups in total. The maximum absolute atomic E-state index is 12.8. The molecule has 0 radical (unpaired) electrons. The third-order valence-corrected chi connectivity index (χ3v) is 13.7. The van der Waals surface area contributed by atoms with Gasteiger partial charge in [-0.1, -0.05) is 115 Å².